The van der Waals surface area contributed by atoms with Crippen molar-refractivity contribution < 1.29 is 29.2 Å². The number of hydrogen-bond donors (Lipinski definition) is 3. The average Bonchev–Trinajstić information content (AvgIpc) is 3.58. The van der Waals surface area contributed by atoms with E-state index in [0.29, 0.717) is 34.6 Å². The number of nitrogens with zero attached hydrogens (tertiary/aromatic N) is 1. The summed E-state index contributed by atoms with van der Waals surface area (Å²) in [5.41, 5.74) is 6.17. The number of morpholine rings is 1. The Hall–Kier alpha value is -0.320. The first-order valence-corrected chi connectivity index (χ1v) is 18.1. The van der Waals surface area contributed by atoms with Crippen LogP contribution in [0.25, 0.3) is 0 Å². The number of nitrogens with two attached hydrogens (primary N) is 1. The monoisotopic (exact) mass is 616 g/mol. The van der Waals surface area contributed by atoms with Crippen LogP contribution >= 0.6 is 0 Å². The molecule has 2 spiro atoms. The van der Waals surface area contributed by atoms with E-state index in [4.69, 9.17) is 24.7 Å². The number of rotatable bonds is 5. The van der Waals surface area contributed by atoms with Crippen molar-refractivity contribution in [2.24, 2.45) is 50.6 Å². The molecule has 8 rings (SSSR count). The molecular formula is C36H60N2O6. The minimum absolute atomic E-state index is 0.0545. The minimum Gasteiger partial charge on any atom is -0.390 e. The van der Waals surface area contributed by atoms with E-state index in [1.54, 1.807) is 13.8 Å². The van der Waals surface area contributed by atoms with Gasteiger partial charge in [0.25, 0.3) is 0 Å². The number of fused-ring (bicyclic) bond motifs is 4. The van der Waals surface area contributed by atoms with Gasteiger partial charge in [-0.15, -0.1) is 0 Å². The van der Waals surface area contributed by atoms with E-state index in [1.807, 2.05) is 0 Å². The van der Waals surface area contributed by atoms with E-state index in [9.17, 15) is 10.2 Å². The summed E-state index contributed by atoms with van der Waals surface area (Å²) in [4.78, 5) is 2.50. The summed E-state index contributed by atoms with van der Waals surface area (Å²) in [7, 11) is 0. The zero-order valence-corrected chi connectivity index (χ0v) is 28.2. The Morgan fingerprint density at radius 3 is 2.39 bits per heavy atom. The topological polar surface area (TPSA) is 107 Å². The third-order valence-corrected chi connectivity index (χ3v) is 16.2. The van der Waals surface area contributed by atoms with Gasteiger partial charge >= 0.3 is 0 Å². The minimum atomic E-state index is -1.01. The average molecular weight is 617 g/mol. The van der Waals surface area contributed by atoms with Gasteiger partial charge in [-0.05, 0) is 111 Å². The lowest BCUT2D eigenvalue weighted by Gasteiger charge is -2.63. The van der Waals surface area contributed by atoms with E-state index in [1.165, 1.54) is 38.5 Å². The van der Waals surface area contributed by atoms with Gasteiger partial charge in [-0.1, -0.05) is 27.7 Å². The molecule has 0 radical (unpaired) electrons. The molecule has 8 heteroatoms. The lowest BCUT2D eigenvalue weighted by molar-refractivity contribution is -0.256. The number of aliphatic hydroxyl groups is 2. The Balaban J connectivity index is 1.02. The molecule has 44 heavy (non-hydrogen) atoms. The van der Waals surface area contributed by atoms with Crippen LogP contribution in [0.1, 0.15) is 99.3 Å². The second-order valence-electron chi connectivity index (χ2n) is 18.3. The molecular weight excluding hydrogens is 556 g/mol. The summed E-state index contributed by atoms with van der Waals surface area (Å²) in [5.74, 6) is 1.51. The van der Waals surface area contributed by atoms with Crippen molar-refractivity contribution in [3.63, 3.8) is 0 Å². The number of aliphatic hydroxyl groups excluding tert-OH is 1. The fourth-order valence-corrected chi connectivity index (χ4v) is 13.4. The molecule has 0 amide bonds. The summed E-state index contributed by atoms with van der Waals surface area (Å²) < 4.78 is 25.3. The maximum absolute atomic E-state index is 12.3. The van der Waals surface area contributed by atoms with Gasteiger partial charge < -0.3 is 34.9 Å². The van der Waals surface area contributed by atoms with Crippen molar-refractivity contribution in [1.29, 1.82) is 0 Å². The Bertz CT molecular complexity index is 1140. The van der Waals surface area contributed by atoms with Gasteiger partial charge in [0.15, 0.2) is 6.29 Å². The van der Waals surface area contributed by atoms with Crippen LogP contribution in [0.2, 0.25) is 0 Å². The Morgan fingerprint density at radius 1 is 0.955 bits per heavy atom. The highest BCUT2D eigenvalue weighted by Gasteiger charge is 2.84. The van der Waals surface area contributed by atoms with Gasteiger partial charge in [-0.3, -0.25) is 4.90 Å². The molecule has 13 unspecified atom stereocenters. The highest BCUT2D eigenvalue weighted by Crippen LogP contribution is 2.89. The second kappa shape index (κ2) is 9.87. The highest BCUT2D eigenvalue weighted by molar-refractivity contribution is 5.32. The highest BCUT2D eigenvalue weighted by atomic mass is 16.7. The molecule has 8 nitrogen and oxygen atoms in total. The molecule has 3 aliphatic heterocycles. The standard InChI is InChI=1S/C36H60N2O6/c1-31(2)24-9-10-25-34(6)30(39)28-22(7-8-23(43-28)29(37)32(3,4)40)33(34,5)13-14-36(25)20-35(24,36)12-11-26(31)44-27-17-38(15-16-42-27)21-18-41-19-21/h21-30,39-40H,7-20,37H2,1-6H3. The summed E-state index contributed by atoms with van der Waals surface area (Å²) >= 11 is 0. The Morgan fingerprint density at radius 2 is 1.68 bits per heavy atom. The molecule has 4 N–H and O–H groups in total. The van der Waals surface area contributed by atoms with Gasteiger partial charge in [0.05, 0.1) is 68.5 Å². The number of ether oxygens (including phenoxy) is 4. The van der Waals surface area contributed by atoms with Gasteiger partial charge in [0.1, 0.15) is 0 Å². The van der Waals surface area contributed by atoms with Crippen molar-refractivity contribution in [3.05, 3.63) is 0 Å². The summed E-state index contributed by atoms with van der Waals surface area (Å²) in [6.45, 7) is 17.7. The second-order valence-corrected chi connectivity index (χ2v) is 18.3. The Kier molecular flexibility index (Phi) is 6.95. The van der Waals surface area contributed by atoms with E-state index < -0.39 is 17.7 Å². The molecule has 250 valence electrons. The maximum atomic E-state index is 12.3. The molecule has 3 saturated heterocycles. The first kappa shape index (κ1) is 31.0. The molecule has 13 atom stereocenters. The lowest BCUT2D eigenvalue weighted by atomic mass is 9.41. The molecule has 3 heterocycles. The van der Waals surface area contributed by atoms with Crippen LogP contribution in [0.15, 0.2) is 0 Å². The molecule has 0 aromatic heterocycles. The van der Waals surface area contributed by atoms with Crippen molar-refractivity contribution in [3.8, 4) is 0 Å². The van der Waals surface area contributed by atoms with Crippen LogP contribution in [0.4, 0.5) is 0 Å². The molecule has 5 saturated carbocycles. The zero-order valence-electron chi connectivity index (χ0n) is 28.2. The normalized spacial score (nSPS) is 54.2. The molecule has 8 fully saturated rings. The van der Waals surface area contributed by atoms with Crippen LogP contribution < -0.4 is 5.73 Å². The third-order valence-electron chi connectivity index (χ3n) is 16.2. The van der Waals surface area contributed by atoms with Crippen LogP contribution in [0.5, 0.6) is 0 Å². The molecule has 8 aliphatic rings. The largest absolute Gasteiger partial charge is 0.390 e. The molecule has 5 aliphatic carbocycles. The third kappa shape index (κ3) is 3.92. The maximum Gasteiger partial charge on any atom is 0.170 e. The first-order chi connectivity index (χ1) is 20.7. The van der Waals surface area contributed by atoms with E-state index >= 15 is 0 Å². The SMILES string of the molecule is CC(C)(O)C(N)C1CCC2C(O1)C(O)C1(C)C3CCC4C(C)(C)C(OC5CN(C6COC6)CCO5)CCC45CC35CCC21C. The van der Waals surface area contributed by atoms with Crippen LogP contribution in [0, 0.1) is 44.8 Å². The van der Waals surface area contributed by atoms with Crippen molar-refractivity contribution in [1.82, 2.24) is 4.90 Å². The van der Waals surface area contributed by atoms with Crippen LogP contribution in [-0.2, 0) is 18.9 Å². The van der Waals surface area contributed by atoms with Gasteiger partial charge in [-0.2, -0.15) is 0 Å². The van der Waals surface area contributed by atoms with E-state index in [0.717, 1.165) is 52.2 Å². The predicted molar refractivity (Wildman–Crippen MR) is 167 cm³/mol. The molecule has 0 bridgehead atoms. The summed E-state index contributed by atoms with van der Waals surface area (Å²) in [6, 6.07) is 0.0678. The lowest BCUT2D eigenvalue weighted by Crippen LogP contribution is -2.60. The fraction of sp³-hybridized carbons (Fsp3) is 1.00. The van der Waals surface area contributed by atoms with Crippen LogP contribution in [-0.4, -0.2) is 96.4 Å². The Labute approximate surface area is 265 Å². The van der Waals surface area contributed by atoms with Crippen molar-refractivity contribution in [2.45, 2.75) is 148 Å². The van der Waals surface area contributed by atoms with E-state index in [-0.39, 0.29) is 40.8 Å². The van der Waals surface area contributed by atoms with Crippen LogP contribution in [0.3, 0.4) is 0 Å². The quantitative estimate of drug-likeness (QED) is 0.424. The van der Waals surface area contributed by atoms with Crippen molar-refractivity contribution in [2.75, 3.05) is 32.9 Å². The molecule has 0 aromatic rings. The summed E-state index contributed by atoms with van der Waals surface area (Å²) in [5, 5.41) is 23.0. The molecule has 0 aromatic carbocycles. The predicted octanol–water partition coefficient (Wildman–Crippen LogP) is 4.09. The van der Waals surface area contributed by atoms with Crippen molar-refractivity contribution >= 4 is 0 Å². The number of hydrogen-bond acceptors (Lipinski definition) is 8. The summed E-state index contributed by atoms with van der Waals surface area (Å²) in [6.07, 6.45) is 9.58. The van der Waals surface area contributed by atoms with Gasteiger partial charge in [0, 0.05) is 12.0 Å². The fourth-order valence-electron chi connectivity index (χ4n) is 13.4. The van der Waals surface area contributed by atoms with E-state index in [2.05, 4.69) is 32.6 Å². The smallest absolute Gasteiger partial charge is 0.170 e. The zero-order chi connectivity index (χ0) is 31.1. The first-order valence-electron chi connectivity index (χ1n) is 18.1. The van der Waals surface area contributed by atoms with Gasteiger partial charge in [-0.25, -0.2) is 0 Å². The van der Waals surface area contributed by atoms with Gasteiger partial charge in [0.2, 0.25) is 0 Å².